The zero-order valence-electron chi connectivity index (χ0n) is 7.11. The van der Waals surface area contributed by atoms with Crippen molar-refractivity contribution >= 4 is 15.9 Å². The molecule has 0 saturated carbocycles. The van der Waals surface area contributed by atoms with Crippen LogP contribution < -0.4 is 0 Å². The van der Waals surface area contributed by atoms with E-state index in [-0.39, 0.29) is 0 Å². The predicted molar refractivity (Wildman–Crippen MR) is 53.8 cm³/mol. The van der Waals surface area contributed by atoms with Crippen LogP contribution >= 0.6 is 15.9 Å². The molecule has 0 atom stereocenters. The SMILES string of the molecule is Cc1cccnc1-n1ccc(Br)n1. The van der Waals surface area contributed by atoms with Gasteiger partial charge in [-0.3, -0.25) is 0 Å². The summed E-state index contributed by atoms with van der Waals surface area (Å²) >= 11 is 3.29. The Hall–Kier alpha value is -1.16. The number of aryl methyl sites for hydroxylation is 1. The molecule has 0 aromatic carbocycles. The normalized spacial score (nSPS) is 10.3. The third-order valence-corrected chi connectivity index (χ3v) is 2.18. The van der Waals surface area contributed by atoms with Crippen LogP contribution in [0.2, 0.25) is 0 Å². The van der Waals surface area contributed by atoms with Crippen molar-refractivity contribution in [1.29, 1.82) is 0 Å². The summed E-state index contributed by atoms with van der Waals surface area (Å²) in [7, 11) is 0. The van der Waals surface area contributed by atoms with Crippen molar-refractivity contribution in [3.05, 3.63) is 40.8 Å². The fourth-order valence-electron chi connectivity index (χ4n) is 1.14. The molecule has 0 bridgehead atoms. The summed E-state index contributed by atoms with van der Waals surface area (Å²) in [6.07, 6.45) is 3.64. The fraction of sp³-hybridized carbons (Fsp3) is 0.111. The van der Waals surface area contributed by atoms with Gasteiger partial charge < -0.3 is 0 Å². The highest BCUT2D eigenvalue weighted by Crippen LogP contribution is 2.11. The minimum atomic E-state index is 0.817. The van der Waals surface area contributed by atoms with E-state index in [9.17, 15) is 0 Å². The van der Waals surface area contributed by atoms with E-state index in [1.165, 1.54) is 0 Å². The van der Waals surface area contributed by atoms with Crippen LogP contribution in [0.25, 0.3) is 5.82 Å². The van der Waals surface area contributed by atoms with Gasteiger partial charge in [0.05, 0.1) is 0 Å². The van der Waals surface area contributed by atoms with Gasteiger partial charge in [-0.1, -0.05) is 6.07 Å². The molecule has 0 fully saturated rings. The molecular weight excluding hydrogens is 230 g/mol. The van der Waals surface area contributed by atoms with Crippen molar-refractivity contribution in [1.82, 2.24) is 14.8 Å². The van der Waals surface area contributed by atoms with Crippen molar-refractivity contribution in [2.75, 3.05) is 0 Å². The molecule has 4 heteroatoms. The third-order valence-electron chi connectivity index (χ3n) is 1.76. The highest BCUT2D eigenvalue weighted by atomic mass is 79.9. The van der Waals surface area contributed by atoms with Crippen LogP contribution in [0.15, 0.2) is 35.2 Å². The Balaban J connectivity index is 2.52. The average molecular weight is 238 g/mol. The lowest BCUT2D eigenvalue weighted by Crippen LogP contribution is -1.99. The van der Waals surface area contributed by atoms with E-state index in [1.54, 1.807) is 10.9 Å². The smallest absolute Gasteiger partial charge is 0.156 e. The molecular formula is C9H8BrN3. The van der Waals surface area contributed by atoms with Gasteiger partial charge in [0.2, 0.25) is 0 Å². The fourth-order valence-corrected chi connectivity index (χ4v) is 1.43. The number of pyridine rings is 1. The quantitative estimate of drug-likeness (QED) is 0.763. The largest absolute Gasteiger partial charge is 0.237 e. The van der Waals surface area contributed by atoms with Gasteiger partial charge in [-0.05, 0) is 40.5 Å². The Morgan fingerprint density at radius 3 is 2.85 bits per heavy atom. The molecule has 0 spiro atoms. The molecule has 13 heavy (non-hydrogen) atoms. The zero-order valence-corrected chi connectivity index (χ0v) is 8.69. The van der Waals surface area contributed by atoms with Gasteiger partial charge in [0.15, 0.2) is 5.82 Å². The van der Waals surface area contributed by atoms with Gasteiger partial charge >= 0.3 is 0 Å². The Morgan fingerprint density at radius 1 is 1.38 bits per heavy atom. The zero-order chi connectivity index (χ0) is 9.26. The average Bonchev–Trinajstić information content (AvgIpc) is 2.53. The summed E-state index contributed by atoms with van der Waals surface area (Å²) in [5.74, 6) is 0.869. The van der Waals surface area contributed by atoms with Crippen molar-refractivity contribution in [3.63, 3.8) is 0 Å². The first kappa shape index (κ1) is 8.44. The number of hydrogen-bond donors (Lipinski definition) is 0. The molecule has 2 heterocycles. The summed E-state index contributed by atoms with van der Waals surface area (Å²) in [6, 6.07) is 5.81. The molecule has 0 saturated heterocycles. The minimum absolute atomic E-state index is 0.817. The first-order chi connectivity index (χ1) is 6.27. The topological polar surface area (TPSA) is 30.7 Å². The van der Waals surface area contributed by atoms with E-state index in [0.717, 1.165) is 16.0 Å². The van der Waals surface area contributed by atoms with Crippen LogP contribution in [-0.2, 0) is 0 Å². The van der Waals surface area contributed by atoms with Gasteiger partial charge in [-0.25, -0.2) is 9.67 Å². The maximum atomic E-state index is 4.24. The van der Waals surface area contributed by atoms with Gasteiger partial charge in [0, 0.05) is 12.4 Å². The second-order valence-corrected chi connectivity index (χ2v) is 3.54. The van der Waals surface area contributed by atoms with Crippen molar-refractivity contribution in [3.8, 4) is 5.82 Å². The number of aromatic nitrogens is 3. The van der Waals surface area contributed by atoms with Crippen LogP contribution in [-0.4, -0.2) is 14.8 Å². The van der Waals surface area contributed by atoms with Gasteiger partial charge in [-0.2, -0.15) is 5.10 Å². The molecule has 2 rings (SSSR count). The first-order valence-corrected chi connectivity index (χ1v) is 4.70. The molecule has 0 aliphatic heterocycles. The summed E-state index contributed by atoms with van der Waals surface area (Å²) in [4.78, 5) is 4.24. The van der Waals surface area contributed by atoms with Crippen LogP contribution in [0.4, 0.5) is 0 Å². The molecule has 0 unspecified atom stereocenters. The van der Waals surface area contributed by atoms with Gasteiger partial charge in [-0.15, -0.1) is 0 Å². The van der Waals surface area contributed by atoms with Crippen molar-refractivity contribution in [2.24, 2.45) is 0 Å². The highest BCUT2D eigenvalue weighted by molar-refractivity contribution is 9.10. The first-order valence-electron chi connectivity index (χ1n) is 3.90. The van der Waals surface area contributed by atoms with Gasteiger partial charge in [0.1, 0.15) is 4.60 Å². The minimum Gasteiger partial charge on any atom is -0.237 e. The predicted octanol–water partition coefficient (Wildman–Crippen LogP) is 2.34. The molecule has 2 aromatic rings. The molecule has 3 nitrogen and oxygen atoms in total. The van der Waals surface area contributed by atoms with E-state index in [0.29, 0.717) is 0 Å². The molecule has 0 N–H and O–H groups in total. The lowest BCUT2D eigenvalue weighted by molar-refractivity contribution is 0.830. The summed E-state index contributed by atoms with van der Waals surface area (Å²) in [6.45, 7) is 2.01. The molecule has 0 aliphatic carbocycles. The summed E-state index contributed by atoms with van der Waals surface area (Å²) in [5, 5.41) is 4.21. The maximum Gasteiger partial charge on any atom is 0.156 e. The van der Waals surface area contributed by atoms with Crippen LogP contribution in [0, 0.1) is 6.92 Å². The number of halogens is 1. The van der Waals surface area contributed by atoms with E-state index in [2.05, 4.69) is 26.0 Å². The standard InChI is InChI=1S/C9H8BrN3/c1-7-3-2-5-11-9(7)13-6-4-8(10)12-13/h2-6H,1H3. The van der Waals surface area contributed by atoms with E-state index < -0.39 is 0 Å². The van der Waals surface area contributed by atoms with Crippen LogP contribution in [0.5, 0.6) is 0 Å². The molecule has 2 aromatic heterocycles. The molecule has 0 aliphatic rings. The second-order valence-electron chi connectivity index (χ2n) is 2.73. The molecule has 0 radical (unpaired) electrons. The molecule has 66 valence electrons. The van der Waals surface area contributed by atoms with Crippen LogP contribution in [0.1, 0.15) is 5.56 Å². The summed E-state index contributed by atoms with van der Waals surface area (Å²) in [5.41, 5.74) is 1.11. The Morgan fingerprint density at radius 2 is 2.23 bits per heavy atom. The Bertz CT molecular complexity index is 422. The van der Waals surface area contributed by atoms with E-state index in [1.807, 2.05) is 31.3 Å². The van der Waals surface area contributed by atoms with Crippen LogP contribution in [0.3, 0.4) is 0 Å². The van der Waals surface area contributed by atoms with Crippen molar-refractivity contribution in [2.45, 2.75) is 6.92 Å². The third kappa shape index (κ3) is 1.62. The Kier molecular flexibility index (Phi) is 2.14. The lowest BCUT2D eigenvalue weighted by Gasteiger charge is -2.02. The van der Waals surface area contributed by atoms with Gasteiger partial charge in [0.25, 0.3) is 0 Å². The number of rotatable bonds is 1. The monoisotopic (exact) mass is 237 g/mol. The molecule has 0 amide bonds. The number of nitrogens with zero attached hydrogens (tertiary/aromatic N) is 3. The van der Waals surface area contributed by atoms with E-state index >= 15 is 0 Å². The lowest BCUT2D eigenvalue weighted by atomic mass is 10.3. The summed E-state index contributed by atoms with van der Waals surface area (Å²) < 4.78 is 2.57. The second kappa shape index (κ2) is 3.30. The number of hydrogen-bond acceptors (Lipinski definition) is 2. The Labute approximate surface area is 84.5 Å². The highest BCUT2D eigenvalue weighted by Gasteiger charge is 2.02. The van der Waals surface area contributed by atoms with E-state index in [4.69, 9.17) is 0 Å². The van der Waals surface area contributed by atoms with Crippen molar-refractivity contribution < 1.29 is 0 Å². The maximum absolute atomic E-state index is 4.24.